The van der Waals surface area contributed by atoms with E-state index >= 15 is 0 Å². The molecule has 1 aromatic rings. The molecule has 0 amide bonds. The molecule has 110 valence electrons. The van der Waals surface area contributed by atoms with Gasteiger partial charge in [-0.1, -0.05) is 12.1 Å². The number of ether oxygens (including phenoxy) is 2. The van der Waals surface area contributed by atoms with Crippen molar-refractivity contribution in [2.45, 2.75) is 25.0 Å². The van der Waals surface area contributed by atoms with Gasteiger partial charge in [0.15, 0.2) is 0 Å². The van der Waals surface area contributed by atoms with Crippen LogP contribution in [0.15, 0.2) is 24.3 Å². The average Bonchev–Trinajstić information content (AvgIpc) is 2.48. The predicted octanol–water partition coefficient (Wildman–Crippen LogP) is 1.65. The smallest absolute Gasteiger partial charge is 0.119 e. The number of methoxy groups -OCH3 is 1. The van der Waals surface area contributed by atoms with Gasteiger partial charge in [0, 0.05) is 19.6 Å². The van der Waals surface area contributed by atoms with E-state index in [9.17, 15) is 0 Å². The molecule has 2 aliphatic heterocycles. The number of nitrogens with one attached hydrogen (secondary N) is 1. The highest BCUT2D eigenvalue weighted by Gasteiger charge is 2.37. The fraction of sp³-hybridized carbons (Fsp3) is 0.625. The van der Waals surface area contributed by atoms with E-state index in [2.05, 4.69) is 28.4 Å². The summed E-state index contributed by atoms with van der Waals surface area (Å²) >= 11 is 0. The molecular formula is C16H24N2O2. The number of rotatable bonds is 3. The first-order valence-corrected chi connectivity index (χ1v) is 7.50. The van der Waals surface area contributed by atoms with Crippen LogP contribution in [0.3, 0.4) is 0 Å². The third-order valence-electron chi connectivity index (χ3n) is 4.38. The standard InChI is InChI=1S/C16H24N2O2/c1-19-15-4-2-3-14(11-15)12-18-9-10-20-16(13-18)5-7-17-8-6-16/h2-4,11,17H,5-10,12-13H2,1H3. The van der Waals surface area contributed by atoms with E-state index in [1.807, 2.05) is 6.07 Å². The maximum atomic E-state index is 6.11. The van der Waals surface area contributed by atoms with Gasteiger partial charge in [0.2, 0.25) is 0 Å². The van der Waals surface area contributed by atoms with Crippen molar-refractivity contribution in [3.63, 3.8) is 0 Å². The SMILES string of the molecule is COc1cccc(CN2CCOC3(CCNCC3)C2)c1. The molecule has 0 aromatic heterocycles. The number of hydrogen-bond donors (Lipinski definition) is 1. The minimum atomic E-state index is 0.0857. The summed E-state index contributed by atoms with van der Waals surface area (Å²) in [6, 6.07) is 8.36. The van der Waals surface area contributed by atoms with Gasteiger partial charge >= 0.3 is 0 Å². The molecule has 2 fully saturated rings. The van der Waals surface area contributed by atoms with Crippen molar-refractivity contribution in [1.29, 1.82) is 0 Å². The molecule has 0 unspecified atom stereocenters. The molecule has 1 N–H and O–H groups in total. The Bertz CT molecular complexity index is 438. The fourth-order valence-corrected chi connectivity index (χ4v) is 3.27. The van der Waals surface area contributed by atoms with Gasteiger partial charge in [-0.15, -0.1) is 0 Å². The first-order valence-electron chi connectivity index (χ1n) is 7.50. The van der Waals surface area contributed by atoms with Crippen molar-refractivity contribution in [3.8, 4) is 5.75 Å². The lowest BCUT2D eigenvalue weighted by Crippen LogP contribution is -2.55. The van der Waals surface area contributed by atoms with Gasteiger partial charge in [-0.05, 0) is 43.6 Å². The molecule has 4 nitrogen and oxygen atoms in total. The van der Waals surface area contributed by atoms with E-state index in [0.29, 0.717) is 0 Å². The first kappa shape index (κ1) is 13.9. The van der Waals surface area contributed by atoms with Gasteiger partial charge in [0.1, 0.15) is 5.75 Å². The van der Waals surface area contributed by atoms with Gasteiger partial charge < -0.3 is 14.8 Å². The van der Waals surface area contributed by atoms with Crippen molar-refractivity contribution in [3.05, 3.63) is 29.8 Å². The molecule has 2 heterocycles. The second-order valence-electron chi connectivity index (χ2n) is 5.84. The zero-order valence-electron chi connectivity index (χ0n) is 12.2. The van der Waals surface area contributed by atoms with Gasteiger partial charge in [-0.25, -0.2) is 0 Å². The molecule has 0 radical (unpaired) electrons. The highest BCUT2D eigenvalue weighted by atomic mass is 16.5. The van der Waals surface area contributed by atoms with E-state index in [-0.39, 0.29) is 5.60 Å². The Morgan fingerprint density at radius 3 is 3.00 bits per heavy atom. The summed E-state index contributed by atoms with van der Waals surface area (Å²) < 4.78 is 11.4. The van der Waals surface area contributed by atoms with Crippen molar-refractivity contribution in [1.82, 2.24) is 10.2 Å². The molecular weight excluding hydrogens is 252 g/mol. The number of nitrogens with zero attached hydrogens (tertiary/aromatic N) is 1. The third kappa shape index (κ3) is 3.14. The van der Waals surface area contributed by atoms with Crippen molar-refractivity contribution < 1.29 is 9.47 Å². The van der Waals surface area contributed by atoms with Crippen LogP contribution in [-0.4, -0.2) is 50.4 Å². The molecule has 1 spiro atoms. The van der Waals surface area contributed by atoms with Crippen LogP contribution in [0.1, 0.15) is 18.4 Å². The lowest BCUT2D eigenvalue weighted by atomic mass is 9.90. The Morgan fingerprint density at radius 1 is 1.35 bits per heavy atom. The second kappa shape index (κ2) is 6.12. The molecule has 3 rings (SSSR count). The van der Waals surface area contributed by atoms with Gasteiger partial charge in [0.05, 0.1) is 19.3 Å². The van der Waals surface area contributed by atoms with Crippen molar-refractivity contribution >= 4 is 0 Å². The molecule has 4 heteroatoms. The van der Waals surface area contributed by atoms with Crippen molar-refractivity contribution in [2.24, 2.45) is 0 Å². The summed E-state index contributed by atoms with van der Waals surface area (Å²) in [7, 11) is 1.72. The van der Waals surface area contributed by atoms with Crippen LogP contribution in [0, 0.1) is 0 Å². The molecule has 2 aliphatic rings. The molecule has 0 aliphatic carbocycles. The number of benzene rings is 1. The summed E-state index contributed by atoms with van der Waals surface area (Å²) in [4.78, 5) is 2.52. The quantitative estimate of drug-likeness (QED) is 0.910. The Morgan fingerprint density at radius 2 is 2.20 bits per heavy atom. The summed E-state index contributed by atoms with van der Waals surface area (Å²) in [5, 5.41) is 3.42. The second-order valence-corrected chi connectivity index (χ2v) is 5.84. The van der Waals surface area contributed by atoms with E-state index in [1.165, 1.54) is 5.56 Å². The van der Waals surface area contributed by atoms with Crippen LogP contribution >= 0.6 is 0 Å². The highest BCUT2D eigenvalue weighted by molar-refractivity contribution is 5.28. The summed E-state index contributed by atoms with van der Waals surface area (Å²) in [5.74, 6) is 0.937. The minimum Gasteiger partial charge on any atom is -0.497 e. The number of hydrogen-bond acceptors (Lipinski definition) is 4. The first-order chi connectivity index (χ1) is 9.80. The van der Waals surface area contributed by atoms with Crippen LogP contribution in [0.4, 0.5) is 0 Å². The van der Waals surface area contributed by atoms with Crippen LogP contribution in [-0.2, 0) is 11.3 Å². The van der Waals surface area contributed by atoms with Crippen molar-refractivity contribution in [2.75, 3.05) is 39.9 Å². The molecule has 0 saturated carbocycles. The van der Waals surface area contributed by atoms with Crippen LogP contribution < -0.4 is 10.1 Å². The van der Waals surface area contributed by atoms with Crippen LogP contribution in [0.5, 0.6) is 5.75 Å². The van der Waals surface area contributed by atoms with Crippen LogP contribution in [0.25, 0.3) is 0 Å². The molecule has 0 bridgehead atoms. The maximum absolute atomic E-state index is 6.11. The molecule has 0 atom stereocenters. The Labute approximate surface area is 121 Å². The Balaban J connectivity index is 1.64. The predicted molar refractivity (Wildman–Crippen MR) is 79.1 cm³/mol. The summed E-state index contributed by atoms with van der Waals surface area (Å²) in [6.07, 6.45) is 2.25. The van der Waals surface area contributed by atoms with Crippen LogP contribution in [0.2, 0.25) is 0 Å². The third-order valence-corrected chi connectivity index (χ3v) is 4.38. The fourth-order valence-electron chi connectivity index (χ4n) is 3.27. The molecule has 2 saturated heterocycles. The zero-order valence-corrected chi connectivity index (χ0v) is 12.2. The minimum absolute atomic E-state index is 0.0857. The molecule has 20 heavy (non-hydrogen) atoms. The topological polar surface area (TPSA) is 33.7 Å². The zero-order chi connectivity index (χ0) is 13.8. The number of piperidine rings is 1. The molecule has 1 aromatic carbocycles. The lowest BCUT2D eigenvalue weighted by Gasteiger charge is -2.45. The lowest BCUT2D eigenvalue weighted by molar-refractivity contribution is -0.125. The van der Waals surface area contributed by atoms with Gasteiger partial charge in [-0.2, -0.15) is 0 Å². The maximum Gasteiger partial charge on any atom is 0.119 e. The average molecular weight is 276 g/mol. The van der Waals surface area contributed by atoms with Gasteiger partial charge in [0.25, 0.3) is 0 Å². The Hall–Kier alpha value is -1.10. The summed E-state index contributed by atoms with van der Waals surface area (Å²) in [5.41, 5.74) is 1.40. The summed E-state index contributed by atoms with van der Waals surface area (Å²) in [6.45, 7) is 6.05. The highest BCUT2D eigenvalue weighted by Crippen LogP contribution is 2.28. The van der Waals surface area contributed by atoms with Gasteiger partial charge in [-0.3, -0.25) is 4.90 Å². The van der Waals surface area contributed by atoms with E-state index in [0.717, 1.165) is 57.9 Å². The number of morpholine rings is 1. The normalized spacial score (nSPS) is 22.9. The van der Waals surface area contributed by atoms with E-state index < -0.39 is 0 Å². The Kier molecular flexibility index (Phi) is 4.24. The monoisotopic (exact) mass is 276 g/mol. The van der Waals surface area contributed by atoms with E-state index in [4.69, 9.17) is 9.47 Å². The van der Waals surface area contributed by atoms with E-state index in [1.54, 1.807) is 7.11 Å². The largest absolute Gasteiger partial charge is 0.497 e.